The molecule has 1 fully saturated rings. The Morgan fingerprint density at radius 1 is 1.15 bits per heavy atom. The molecule has 3 heterocycles. The lowest BCUT2D eigenvalue weighted by molar-refractivity contribution is 0.128. The fourth-order valence-corrected chi connectivity index (χ4v) is 3.16. The van der Waals surface area contributed by atoms with Gasteiger partial charge < -0.3 is 4.90 Å². The average molecular weight is 292 g/mol. The highest BCUT2D eigenvalue weighted by Gasteiger charge is 2.18. The van der Waals surface area contributed by atoms with Gasteiger partial charge in [0.05, 0.1) is 13.1 Å². The van der Waals surface area contributed by atoms with Gasteiger partial charge in [0.1, 0.15) is 0 Å². The summed E-state index contributed by atoms with van der Waals surface area (Å²) in [6.07, 6.45) is 0. The van der Waals surface area contributed by atoms with Gasteiger partial charge in [-0.2, -0.15) is 0 Å². The average Bonchev–Trinajstić information content (AvgIpc) is 3.13. The van der Waals surface area contributed by atoms with E-state index >= 15 is 0 Å². The third-order valence-electron chi connectivity index (χ3n) is 3.77. The minimum absolute atomic E-state index is 0.773. The van der Waals surface area contributed by atoms with Crippen molar-refractivity contribution in [2.75, 3.05) is 32.7 Å². The normalized spacial score (nSPS) is 17.6. The maximum Gasteiger partial charge on any atom is 0.165 e. The van der Waals surface area contributed by atoms with E-state index in [1.165, 1.54) is 4.88 Å². The van der Waals surface area contributed by atoms with Gasteiger partial charge in [-0.25, -0.2) is 4.68 Å². The monoisotopic (exact) mass is 292 g/mol. The predicted molar refractivity (Wildman–Crippen MR) is 78.6 cm³/mol. The smallest absolute Gasteiger partial charge is 0.165 e. The van der Waals surface area contributed by atoms with E-state index in [1.807, 2.05) is 4.68 Å². The molecule has 0 atom stereocenters. The standard InChI is InChI=1S/C13H20N6S/c1-2-17-5-7-18(8-6-17)11-13-14-15-16-19(13)10-12-4-3-9-20-12/h3-4,9H,2,5-8,10-11H2,1H3. The molecule has 108 valence electrons. The summed E-state index contributed by atoms with van der Waals surface area (Å²) in [6.45, 7) is 9.46. The molecular weight excluding hydrogens is 272 g/mol. The van der Waals surface area contributed by atoms with Crippen molar-refractivity contribution in [1.29, 1.82) is 0 Å². The first-order valence-electron chi connectivity index (χ1n) is 7.07. The maximum atomic E-state index is 4.18. The van der Waals surface area contributed by atoms with Crippen LogP contribution in [0.25, 0.3) is 0 Å². The van der Waals surface area contributed by atoms with Crippen LogP contribution in [0.5, 0.6) is 0 Å². The number of tetrazole rings is 1. The molecule has 0 amide bonds. The van der Waals surface area contributed by atoms with Crippen LogP contribution >= 0.6 is 11.3 Å². The van der Waals surface area contributed by atoms with Crippen molar-refractivity contribution in [3.8, 4) is 0 Å². The van der Waals surface area contributed by atoms with Crippen LogP contribution in [0.15, 0.2) is 17.5 Å². The Kier molecular flexibility index (Phi) is 4.39. The minimum Gasteiger partial charge on any atom is -0.301 e. The summed E-state index contributed by atoms with van der Waals surface area (Å²) < 4.78 is 1.91. The Labute approximate surface area is 123 Å². The van der Waals surface area contributed by atoms with Gasteiger partial charge in [0.2, 0.25) is 0 Å². The van der Waals surface area contributed by atoms with E-state index in [4.69, 9.17) is 0 Å². The summed E-state index contributed by atoms with van der Waals surface area (Å²) in [5, 5.41) is 14.2. The summed E-state index contributed by atoms with van der Waals surface area (Å²) >= 11 is 1.74. The summed E-state index contributed by atoms with van der Waals surface area (Å²) in [5.74, 6) is 0.961. The molecular formula is C13H20N6S. The van der Waals surface area contributed by atoms with Gasteiger partial charge in [0.25, 0.3) is 0 Å². The molecule has 0 N–H and O–H groups in total. The SMILES string of the molecule is CCN1CCN(Cc2nnnn2Cc2cccs2)CC1. The molecule has 0 unspecified atom stereocenters. The number of likely N-dealkylation sites (N-methyl/N-ethyl adjacent to an activating group) is 1. The van der Waals surface area contributed by atoms with E-state index in [2.05, 4.69) is 49.8 Å². The van der Waals surface area contributed by atoms with Crippen molar-refractivity contribution in [3.63, 3.8) is 0 Å². The fraction of sp³-hybridized carbons (Fsp3) is 0.615. The molecule has 0 saturated carbocycles. The quantitative estimate of drug-likeness (QED) is 0.820. The maximum absolute atomic E-state index is 4.18. The Balaban J connectivity index is 1.59. The largest absolute Gasteiger partial charge is 0.301 e. The molecule has 0 aromatic carbocycles. The molecule has 7 heteroatoms. The molecule has 20 heavy (non-hydrogen) atoms. The second kappa shape index (κ2) is 6.43. The van der Waals surface area contributed by atoms with Crippen LogP contribution in [-0.4, -0.2) is 62.7 Å². The van der Waals surface area contributed by atoms with Gasteiger partial charge in [0, 0.05) is 31.1 Å². The van der Waals surface area contributed by atoms with Gasteiger partial charge in [0.15, 0.2) is 5.82 Å². The number of hydrogen-bond acceptors (Lipinski definition) is 6. The van der Waals surface area contributed by atoms with Crippen molar-refractivity contribution in [2.45, 2.75) is 20.0 Å². The molecule has 0 spiro atoms. The van der Waals surface area contributed by atoms with Crippen LogP contribution in [0.4, 0.5) is 0 Å². The van der Waals surface area contributed by atoms with E-state index < -0.39 is 0 Å². The molecule has 0 bridgehead atoms. The summed E-state index contributed by atoms with van der Waals surface area (Å²) in [4.78, 5) is 6.20. The van der Waals surface area contributed by atoms with Crippen molar-refractivity contribution in [2.24, 2.45) is 0 Å². The Morgan fingerprint density at radius 2 is 1.95 bits per heavy atom. The number of hydrogen-bond donors (Lipinski definition) is 0. The molecule has 2 aromatic heterocycles. The van der Waals surface area contributed by atoms with Crippen LogP contribution in [-0.2, 0) is 13.1 Å². The molecule has 1 aliphatic heterocycles. The highest BCUT2D eigenvalue weighted by molar-refractivity contribution is 7.09. The Bertz CT molecular complexity index is 515. The second-order valence-electron chi connectivity index (χ2n) is 5.04. The lowest BCUT2D eigenvalue weighted by Gasteiger charge is -2.33. The first kappa shape index (κ1) is 13.7. The molecule has 0 aliphatic carbocycles. The second-order valence-corrected chi connectivity index (χ2v) is 6.07. The number of piperazine rings is 1. The third kappa shape index (κ3) is 3.23. The zero-order valence-electron chi connectivity index (χ0n) is 11.8. The first-order valence-corrected chi connectivity index (χ1v) is 7.95. The van der Waals surface area contributed by atoms with Crippen LogP contribution < -0.4 is 0 Å². The van der Waals surface area contributed by atoms with E-state index in [-0.39, 0.29) is 0 Å². The molecule has 6 nitrogen and oxygen atoms in total. The lowest BCUT2D eigenvalue weighted by atomic mass is 10.3. The van der Waals surface area contributed by atoms with Gasteiger partial charge in [-0.1, -0.05) is 13.0 Å². The predicted octanol–water partition coefficient (Wildman–Crippen LogP) is 0.920. The highest BCUT2D eigenvalue weighted by Crippen LogP contribution is 2.12. The van der Waals surface area contributed by atoms with Crippen molar-refractivity contribution < 1.29 is 0 Å². The van der Waals surface area contributed by atoms with Gasteiger partial charge in [-0.05, 0) is 28.4 Å². The van der Waals surface area contributed by atoms with Crippen LogP contribution in [0, 0.1) is 0 Å². The molecule has 0 radical (unpaired) electrons. The Morgan fingerprint density at radius 3 is 2.65 bits per heavy atom. The van der Waals surface area contributed by atoms with Crippen molar-refractivity contribution in [1.82, 2.24) is 30.0 Å². The first-order chi connectivity index (χ1) is 9.85. The van der Waals surface area contributed by atoms with Crippen LogP contribution in [0.1, 0.15) is 17.6 Å². The number of nitrogens with zero attached hydrogens (tertiary/aromatic N) is 6. The van der Waals surface area contributed by atoms with Gasteiger partial charge in [-0.3, -0.25) is 4.90 Å². The number of rotatable bonds is 5. The van der Waals surface area contributed by atoms with E-state index in [9.17, 15) is 0 Å². The van der Waals surface area contributed by atoms with Gasteiger partial charge >= 0.3 is 0 Å². The van der Waals surface area contributed by atoms with Crippen LogP contribution in [0.2, 0.25) is 0 Å². The zero-order chi connectivity index (χ0) is 13.8. The molecule has 1 saturated heterocycles. The zero-order valence-corrected chi connectivity index (χ0v) is 12.6. The van der Waals surface area contributed by atoms with E-state index in [1.54, 1.807) is 11.3 Å². The topological polar surface area (TPSA) is 50.1 Å². The van der Waals surface area contributed by atoms with E-state index in [0.717, 1.165) is 51.6 Å². The van der Waals surface area contributed by atoms with Crippen molar-refractivity contribution in [3.05, 3.63) is 28.2 Å². The van der Waals surface area contributed by atoms with Crippen molar-refractivity contribution >= 4 is 11.3 Å². The number of thiophene rings is 1. The number of aromatic nitrogens is 4. The van der Waals surface area contributed by atoms with Gasteiger partial charge in [-0.15, -0.1) is 16.4 Å². The molecule has 3 rings (SSSR count). The van der Waals surface area contributed by atoms with Crippen LogP contribution in [0.3, 0.4) is 0 Å². The molecule has 1 aliphatic rings. The minimum atomic E-state index is 0.773. The molecule has 2 aromatic rings. The summed E-state index contributed by atoms with van der Waals surface area (Å²) in [6, 6.07) is 4.18. The van der Waals surface area contributed by atoms with E-state index in [0.29, 0.717) is 0 Å². The lowest BCUT2D eigenvalue weighted by Crippen LogP contribution is -2.45. The summed E-state index contributed by atoms with van der Waals surface area (Å²) in [5.41, 5.74) is 0. The Hall–Kier alpha value is -1.31. The third-order valence-corrected chi connectivity index (χ3v) is 4.63. The summed E-state index contributed by atoms with van der Waals surface area (Å²) in [7, 11) is 0. The fourth-order valence-electron chi connectivity index (χ4n) is 2.47. The highest BCUT2D eigenvalue weighted by atomic mass is 32.1.